The highest BCUT2D eigenvalue weighted by Gasteiger charge is 2.26. The molecule has 0 saturated carbocycles. The van der Waals surface area contributed by atoms with E-state index in [1.807, 2.05) is 19.1 Å². The van der Waals surface area contributed by atoms with Crippen LogP contribution in [0.4, 0.5) is 0 Å². The number of carboxylic acid groups (broad SMARTS) is 1. The van der Waals surface area contributed by atoms with E-state index in [9.17, 15) is 27.6 Å². The number of carbonyl (C=O) groups is 4. The largest absolute Gasteiger partial charge is 0.480 e. The Morgan fingerprint density at radius 2 is 1.60 bits per heavy atom. The van der Waals surface area contributed by atoms with Crippen molar-refractivity contribution < 1.29 is 32.7 Å². The molecule has 0 aliphatic heterocycles. The van der Waals surface area contributed by atoms with Crippen molar-refractivity contribution in [1.29, 1.82) is 0 Å². The Balaban J connectivity index is 1.60. The summed E-state index contributed by atoms with van der Waals surface area (Å²) < 4.78 is 29.2. The van der Waals surface area contributed by atoms with Crippen LogP contribution in [0.5, 0.6) is 0 Å². The summed E-state index contributed by atoms with van der Waals surface area (Å²) >= 11 is 14.2. The summed E-state index contributed by atoms with van der Waals surface area (Å²) in [6.45, 7) is 4.12. The summed E-state index contributed by atoms with van der Waals surface area (Å²) in [6.07, 6.45) is -0.210. The fourth-order valence-electron chi connectivity index (χ4n) is 5.10. The fraction of sp³-hybridized carbons (Fsp3) is 0.419. The predicted octanol–water partition coefficient (Wildman–Crippen LogP) is 2.13. The van der Waals surface area contributed by atoms with Crippen LogP contribution in [0, 0.1) is 13.8 Å². The standard InChI is InChI=1S/C31H40ClN5O7S3/c1-18-5-10-27-23(14-18)22(19(2)37(27)30(40)20-6-8-21(32)9-7-20)15-28(38)36-47(43,44)13-3-4-24(33)29(39)25(16-45)34-11-12-35-26(17-46)31(41)42/h5-10,14,24-26,34-35,45-46H,3-4,11-13,15-17,33H2,1-2H3,(H,36,38)(H,41,42)/t24?,25-,26-/m0/s1. The van der Waals surface area contributed by atoms with Crippen molar-refractivity contribution in [3.8, 4) is 0 Å². The van der Waals surface area contributed by atoms with E-state index in [2.05, 4.69) is 40.6 Å². The first-order chi connectivity index (χ1) is 22.2. The number of hydrogen-bond donors (Lipinski definition) is 7. The number of rotatable bonds is 18. The Kier molecular flexibility index (Phi) is 14.3. The second-order valence-corrected chi connectivity index (χ2v) is 14.1. The molecule has 3 rings (SSSR count). The van der Waals surface area contributed by atoms with Gasteiger partial charge in [0.1, 0.15) is 6.04 Å². The molecule has 1 heterocycles. The van der Waals surface area contributed by atoms with Gasteiger partial charge in [-0.15, -0.1) is 0 Å². The number of amides is 1. The highest BCUT2D eigenvalue weighted by molar-refractivity contribution is 7.90. The summed E-state index contributed by atoms with van der Waals surface area (Å²) in [7, 11) is -4.06. The van der Waals surface area contributed by atoms with Gasteiger partial charge in [0.15, 0.2) is 5.78 Å². The Morgan fingerprint density at radius 3 is 2.19 bits per heavy atom. The first kappa shape index (κ1) is 38.5. The number of aromatic nitrogens is 1. The molecule has 16 heteroatoms. The average Bonchev–Trinajstić information content (AvgIpc) is 3.27. The van der Waals surface area contributed by atoms with Gasteiger partial charge in [-0.3, -0.25) is 28.5 Å². The summed E-state index contributed by atoms with van der Waals surface area (Å²) in [6, 6.07) is 9.42. The molecule has 256 valence electrons. The highest BCUT2D eigenvalue weighted by atomic mass is 35.5. The normalized spacial score (nSPS) is 13.7. The van der Waals surface area contributed by atoms with Gasteiger partial charge in [0.2, 0.25) is 15.9 Å². The zero-order chi connectivity index (χ0) is 34.9. The zero-order valence-electron chi connectivity index (χ0n) is 26.0. The molecule has 0 spiro atoms. The van der Waals surface area contributed by atoms with Crippen LogP contribution in [0.2, 0.25) is 5.02 Å². The first-order valence-electron chi connectivity index (χ1n) is 14.8. The van der Waals surface area contributed by atoms with Crippen molar-refractivity contribution in [2.75, 3.05) is 30.3 Å². The molecule has 6 N–H and O–H groups in total. The van der Waals surface area contributed by atoms with E-state index >= 15 is 0 Å². The van der Waals surface area contributed by atoms with Crippen LogP contribution in [0.3, 0.4) is 0 Å². The first-order valence-corrected chi connectivity index (χ1v) is 18.1. The Morgan fingerprint density at radius 1 is 0.979 bits per heavy atom. The summed E-state index contributed by atoms with van der Waals surface area (Å²) in [5.74, 6) is -2.66. The number of aliphatic carboxylic acids is 1. The minimum Gasteiger partial charge on any atom is -0.480 e. The van der Waals surface area contributed by atoms with Crippen LogP contribution < -0.4 is 21.1 Å². The fourth-order valence-corrected chi connectivity index (χ4v) is 6.88. The van der Waals surface area contributed by atoms with Gasteiger partial charge in [0.05, 0.1) is 29.8 Å². The number of benzene rings is 2. The number of Topliss-reactive ketones (excluding diaryl/α,β-unsaturated/α-hetero) is 1. The molecule has 1 amide bonds. The van der Waals surface area contributed by atoms with E-state index in [0.717, 1.165) is 5.56 Å². The van der Waals surface area contributed by atoms with Gasteiger partial charge in [0.25, 0.3) is 5.91 Å². The molecule has 47 heavy (non-hydrogen) atoms. The number of carboxylic acids is 1. The lowest BCUT2D eigenvalue weighted by Gasteiger charge is -2.20. The number of halogens is 1. The lowest BCUT2D eigenvalue weighted by molar-refractivity contribution is -0.138. The van der Waals surface area contributed by atoms with E-state index in [-0.39, 0.29) is 55.5 Å². The molecule has 0 fully saturated rings. The summed E-state index contributed by atoms with van der Waals surface area (Å²) in [5.41, 5.74) is 8.98. The molecule has 0 radical (unpaired) electrons. The highest BCUT2D eigenvalue weighted by Crippen LogP contribution is 2.29. The smallest absolute Gasteiger partial charge is 0.321 e. The summed E-state index contributed by atoms with van der Waals surface area (Å²) in [4.78, 5) is 50.4. The number of thiol groups is 2. The molecule has 1 aromatic heterocycles. The molecular formula is C31H40ClN5O7S3. The lowest BCUT2D eigenvalue weighted by Crippen LogP contribution is -2.50. The Bertz CT molecular complexity index is 1710. The second kappa shape index (κ2) is 17.5. The molecule has 0 aliphatic rings. The predicted molar refractivity (Wildman–Crippen MR) is 189 cm³/mol. The third-order valence-electron chi connectivity index (χ3n) is 7.60. The van der Waals surface area contributed by atoms with E-state index < -0.39 is 45.8 Å². The molecular weight excluding hydrogens is 686 g/mol. The van der Waals surface area contributed by atoms with Gasteiger partial charge in [-0.05, 0) is 68.7 Å². The van der Waals surface area contributed by atoms with E-state index in [4.69, 9.17) is 22.4 Å². The summed E-state index contributed by atoms with van der Waals surface area (Å²) in [5, 5.41) is 16.0. The van der Waals surface area contributed by atoms with Gasteiger partial charge in [-0.2, -0.15) is 25.3 Å². The van der Waals surface area contributed by atoms with Crippen molar-refractivity contribution in [2.24, 2.45) is 5.73 Å². The molecule has 2 aromatic carbocycles. The minimum absolute atomic E-state index is 0.0196. The number of hydrogen-bond acceptors (Lipinski definition) is 11. The van der Waals surface area contributed by atoms with Crippen LogP contribution in [0.25, 0.3) is 10.9 Å². The second-order valence-electron chi connectivity index (χ2n) is 11.1. The molecule has 3 atom stereocenters. The number of fused-ring (bicyclic) bond motifs is 1. The van der Waals surface area contributed by atoms with Crippen molar-refractivity contribution in [2.45, 2.75) is 51.2 Å². The maximum absolute atomic E-state index is 13.5. The maximum atomic E-state index is 13.5. The van der Waals surface area contributed by atoms with Gasteiger partial charge in [-0.25, -0.2) is 8.42 Å². The number of ketones is 1. The van der Waals surface area contributed by atoms with Crippen LogP contribution in [-0.2, 0) is 30.8 Å². The monoisotopic (exact) mass is 725 g/mol. The third kappa shape index (κ3) is 10.5. The third-order valence-corrected chi connectivity index (χ3v) is 9.95. The van der Waals surface area contributed by atoms with Gasteiger partial charge in [-0.1, -0.05) is 23.2 Å². The number of sulfonamides is 1. The van der Waals surface area contributed by atoms with Crippen molar-refractivity contribution >= 4 is 81.4 Å². The van der Waals surface area contributed by atoms with Gasteiger partial charge < -0.3 is 21.5 Å². The van der Waals surface area contributed by atoms with Crippen molar-refractivity contribution in [1.82, 2.24) is 19.9 Å². The number of nitrogens with one attached hydrogen (secondary N) is 3. The van der Waals surface area contributed by atoms with E-state index in [1.165, 1.54) is 4.57 Å². The van der Waals surface area contributed by atoms with E-state index in [0.29, 0.717) is 32.7 Å². The zero-order valence-corrected chi connectivity index (χ0v) is 29.4. The molecule has 1 unspecified atom stereocenters. The number of nitrogens with two attached hydrogens (primary N) is 1. The Hall–Kier alpha value is -2.92. The van der Waals surface area contributed by atoms with E-state index in [1.54, 1.807) is 37.3 Å². The topological polar surface area (TPSA) is 190 Å². The maximum Gasteiger partial charge on any atom is 0.321 e. The number of carbonyl (C=O) groups excluding carboxylic acids is 3. The molecule has 3 aromatic rings. The van der Waals surface area contributed by atoms with Gasteiger partial charge >= 0.3 is 5.97 Å². The number of aryl methyl sites for hydroxylation is 1. The Labute approximate surface area is 290 Å². The van der Waals surface area contributed by atoms with Crippen molar-refractivity contribution in [3.63, 3.8) is 0 Å². The van der Waals surface area contributed by atoms with Crippen LogP contribution in [0.1, 0.15) is 40.0 Å². The molecule has 0 aliphatic carbocycles. The van der Waals surface area contributed by atoms with Crippen LogP contribution in [0.15, 0.2) is 42.5 Å². The quantitative estimate of drug-likeness (QED) is 0.0756. The lowest BCUT2D eigenvalue weighted by atomic mass is 10.0. The average molecular weight is 726 g/mol. The van der Waals surface area contributed by atoms with Crippen LogP contribution in [-0.4, -0.2) is 90.1 Å². The SMILES string of the molecule is Cc1ccc2c(c1)c(CC(=O)NS(=O)(=O)CCCC(N)C(=O)[C@H](CS)NCCN[C@@H](CS)C(=O)O)c(C)n2C(=O)c1ccc(Cl)cc1. The van der Waals surface area contributed by atoms with Crippen molar-refractivity contribution in [3.05, 3.63) is 69.9 Å². The molecule has 0 saturated heterocycles. The van der Waals surface area contributed by atoms with Crippen LogP contribution >= 0.6 is 36.9 Å². The molecule has 0 bridgehead atoms. The molecule has 12 nitrogen and oxygen atoms in total. The number of nitrogens with zero attached hydrogens (tertiary/aromatic N) is 1. The van der Waals surface area contributed by atoms with Gasteiger partial charge in [0, 0.05) is 46.3 Å². The minimum atomic E-state index is -4.06.